The van der Waals surface area contributed by atoms with Crippen molar-refractivity contribution < 1.29 is 20.1 Å². The number of aliphatic hydroxyl groups excluding tert-OH is 3. The van der Waals surface area contributed by atoms with E-state index in [0.717, 1.165) is 38.5 Å². The van der Waals surface area contributed by atoms with Crippen molar-refractivity contribution in [3.63, 3.8) is 0 Å². The SMILES string of the molecule is C[C@]12CC[C@H](O)C(O)[C@@H]1C(CO)C[C@@H]1[C@@H]2CC[C@]2(C)C(=O)CC[C@@H]12. The van der Waals surface area contributed by atoms with E-state index in [4.69, 9.17) is 0 Å². The summed E-state index contributed by atoms with van der Waals surface area (Å²) in [6.07, 6.45) is 4.84. The second-order valence-corrected chi connectivity index (χ2v) is 9.60. The average Bonchev–Trinajstić information content (AvgIpc) is 2.86. The molecule has 0 spiro atoms. The Balaban J connectivity index is 1.71. The summed E-state index contributed by atoms with van der Waals surface area (Å²) in [6, 6.07) is 0. The Bertz CT molecular complexity index is 534. The van der Waals surface area contributed by atoms with Crippen LogP contribution in [-0.4, -0.2) is 39.9 Å². The third-order valence-corrected chi connectivity index (χ3v) is 8.81. The van der Waals surface area contributed by atoms with Crippen molar-refractivity contribution in [2.45, 2.75) is 71.0 Å². The van der Waals surface area contributed by atoms with Crippen LogP contribution in [0.15, 0.2) is 0 Å². The topological polar surface area (TPSA) is 77.8 Å². The van der Waals surface area contributed by atoms with Gasteiger partial charge >= 0.3 is 0 Å². The van der Waals surface area contributed by atoms with Gasteiger partial charge in [0.15, 0.2) is 0 Å². The first kappa shape index (κ1) is 17.0. The number of aliphatic hydroxyl groups is 3. The van der Waals surface area contributed by atoms with E-state index in [1.807, 2.05) is 0 Å². The van der Waals surface area contributed by atoms with Crippen LogP contribution in [0.2, 0.25) is 0 Å². The first-order valence-corrected chi connectivity index (χ1v) is 9.83. The zero-order chi connectivity index (χ0) is 17.3. The number of hydrogen-bond donors (Lipinski definition) is 3. The van der Waals surface area contributed by atoms with Gasteiger partial charge in [0.2, 0.25) is 0 Å². The first-order chi connectivity index (χ1) is 11.3. The Kier molecular flexibility index (Phi) is 3.91. The molecule has 0 heterocycles. The third-order valence-electron chi connectivity index (χ3n) is 8.81. The minimum Gasteiger partial charge on any atom is -0.396 e. The van der Waals surface area contributed by atoms with E-state index in [1.165, 1.54) is 0 Å². The zero-order valence-electron chi connectivity index (χ0n) is 14.9. The van der Waals surface area contributed by atoms with Gasteiger partial charge in [-0.05, 0) is 73.5 Å². The van der Waals surface area contributed by atoms with Gasteiger partial charge in [-0.15, -0.1) is 0 Å². The molecule has 0 bridgehead atoms. The molecular weight excluding hydrogens is 304 g/mol. The molecule has 0 radical (unpaired) electrons. The summed E-state index contributed by atoms with van der Waals surface area (Å²) in [7, 11) is 0. The van der Waals surface area contributed by atoms with Gasteiger partial charge in [-0.3, -0.25) is 4.79 Å². The molecule has 4 aliphatic rings. The summed E-state index contributed by atoms with van der Waals surface area (Å²) >= 11 is 0. The van der Waals surface area contributed by atoms with Gasteiger partial charge < -0.3 is 15.3 Å². The third kappa shape index (κ3) is 2.05. The van der Waals surface area contributed by atoms with E-state index < -0.39 is 12.2 Å². The quantitative estimate of drug-likeness (QED) is 0.686. The van der Waals surface area contributed by atoms with E-state index in [1.54, 1.807) is 0 Å². The van der Waals surface area contributed by atoms with Crippen molar-refractivity contribution in [3.05, 3.63) is 0 Å². The van der Waals surface area contributed by atoms with Gasteiger partial charge in [0.05, 0.1) is 12.2 Å². The predicted octanol–water partition coefficient (Wildman–Crippen LogP) is 2.15. The van der Waals surface area contributed by atoms with E-state index in [2.05, 4.69) is 13.8 Å². The van der Waals surface area contributed by atoms with Gasteiger partial charge in [-0.25, -0.2) is 0 Å². The molecule has 0 amide bonds. The van der Waals surface area contributed by atoms with Crippen LogP contribution in [0.5, 0.6) is 0 Å². The van der Waals surface area contributed by atoms with Crippen LogP contribution in [0.1, 0.15) is 58.8 Å². The second-order valence-electron chi connectivity index (χ2n) is 9.60. The van der Waals surface area contributed by atoms with Crippen LogP contribution >= 0.6 is 0 Å². The fourth-order valence-electron chi connectivity index (χ4n) is 7.57. The Morgan fingerprint density at radius 3 is 2.54 bits per heavy atom. The predicted molar refractivity (Wildman–Crippen MR) is 90.1 cm³/mol. The molecule has 4 aliphatic carbocycles. The number of ketones is 1. The highest BCUT2D eigenvalue weighted by atomic mass is 16.3. The molecular formula is C20H32O4. The molecule has 4 saturated carbocycles. The van der Waals surface area contributed by atoms with Crippen molar-refractivity contribution in [2.24, 2.45) is 40.4 Å². The van der Waals surface area contributed by atoms with Crippen molar-refractivity contribution in [1.82, 2.24) is 0 Å². The highest BCUT2D eigenvalue weighted by Crippen LogP contribution is 2.66. The fraction of sp³-hybridized carbons (Fsp3) is 0.950. The van der Waals surface area contributed by atoms with Crippen LogP contribution in [0.3, 0.4) is 0 Å². The summed E-state index contributed by atoms with van der Waals surface area (Å²) < 4.78 is 0. The van der Waals surface area contributed by atoms with E-state index in [-0.39, 0.29) is 29.3 Å². The van der Waals surface area contributed by atoms with Gasteiger partial charge in [0, 0.05) is 18.4 Å². The summed E-state index contributed by atoms with van der Waals surface area (Å²) in [4.78, 5) is 12.5. The van der Waals surface area contributed by atoms with Gasteiger partial charge in [-0.2, -0.15) is 0 Å². The lowest BCUT2D eigenvalue weighted by atomic mass is 9.42. The van der Waals surface area contributed by atoms with Crippen LogP contribution in [-0.2, 0) is 4.79 Å². The van der Waals surface area contributed by atoms with Crippen LogP contribution < -0.4 is 0 Å². The Labute approximate surface area is 144 Å². The molecule has 0 saturated heterocycles. The molecule has 4 rings (SSSR count). The highest BCUT2D eigenvalue weighted by Gasteiger charge is 2.63. The maximum Gasteiger partial charge on any atom is 0.139 e. The minimum absolute atomic E-state index is 0.0195. The van der Waals surface area contributed by atoms with Crippen LogP contribution in [0.4, 0.5) is 0 Å². The Morgan fingerprint density at radius 2 is 1.83 bits per heavy atom. The number of carbonyl (C=O) groups is 1. The largest absolute Gasteiger partial charge is 0.396 e. The van der Waals surface area contributed by atoms with Crippen molar-refractivity contribution >= 4 is 5.78 Å². The molecule has 2 unspecified atom stereocenters. The van der Waals surface area contributed by atoms with Gasteiger partial charge in [-0.1, -0.05) is 13.8 Å². The summed E-state index contributed by atoms with van der Waals surface area (Å²) in [5.74, 6) is 1.90. The molecule has 9 atom stereocenters. The number of carbonyl (C=O) groups excluding carboxylic acids is 1. The van der Waals surface area contributed by atoms with E-state index in [9.17, 15) is 20.1 Å². The van der Waals surface area contributed by atoms with E-state index in [0.29, 0.717) is 30.0 Å². The first-order valence-electron chi connectivity index (χ1n) is 9.83. The lowest BCUT2D eigenvalue weighted by molar-refractivity contribution is -0.198. The monoisotopic (exact) mass is 336 g/mol. The standard InChI is InChI=1S/C20H32O4/c1-19-7-5-14-12(13(19)3-4-16(19)23)9-11(10-21)17-18(24)15(22)6-8-20(14,17)2/h11-15,17-18,21-22,24H,3-10H2,1-2H3/t11?,12-,13-,14-,15-,17-,18?,19-,20+/m0/s1. The van der Waals surface area contributed by atoms with Gasteiger partial charge in [0.1, 0.15) is 5.78 Å². The molecule has 4 nitrogen and oxygen atoms in total. The number of Topliss-reactive ketones (excluding diaryl/α,β-unsaturated/α-hetero) is 1. The molecule has 4 fully saturated rings. The average molecular weight is 336 g/mol. The molecule has 0 aromatic carbocycles. The lowest BCUT2D eigenvalue weighted by Crippen LogP contribution is -2.61. The maximum atomic E-state index is 12.5. The number of rotatable bonds is 1. The second kappa shape index (κ2) is 5.52. The van der Waals surface area contributed by atoms with Gasteiger partial charge in [0.25, 0.3) is 0 Å². The normalized spacial score (nSPS) is 57.2. The van der Waals surface area contributed by atoms with E-state index >= 15 is 0 Å². The molecule has 0 aromatic rings. The van der Waals surface area contributed by atoms with Crippen molar-refractivity contribution in [1.29, 1.82) is 0 Å². The Hall–Kier alpha value is -0.450. The smallest absolute Gasteiger partial charge is 0.139 e. The van der Waals surface area contributed by atoms with Crippen molar-refractivity contribution in [3.8, 4) is 0 Å². The zero-order valence-corrected chi connectivity index (χ0v) is 14.9. The van der Waals surface area contributed by atoms with Crippen LogP contribution in [0, 0.1) is 40.4 Å². The highest BCUT2D eigenvalue weighted by molar-refractivity contribution is 5.87. The van der Waals surface area contributed by atoms with Crippen LogP contribution in [0.25, 0.3) is 0 Å². The van der Waals surface area contributed by atoms with Crippen molar-refractivity contribution in [2.75, 3.05) is 6.61 Å². The number of hydrogen-bond acceptors (Lipinski definition) is 4. The maximum absolute atomic E-state index is 12.5. The molecule has 0 aromatic heterocycles. The molecule has 3 N–H and O–H groups in total. The minimum atomic E-state index is -0.722. The molecule has 0 aliphatic heterocycles. The number of fused-ring (bicyclic) bond motifs is 5. The lowest BCUT2D eigenvalue weighted by Gasteiger charge is -2.63. The fourth-order valence-corrected chi connectivity index (χ4v) is 7.57. The molecule has 24 heavy (non-hydrogen) atoms. The summed E-state index contributed by atoms with van der Waals surface area (Å²) in [5, 5.41) is 30.9. The molecule has 4 heteroatoms. The Morgan fingerprint density at radius 1 is 1.08 bits per heavy atom. The summed E-state index contributed by atoms with van der Waals surface area (Å²) in [5.41, 5.74) is -0.181. The summed E-state index contributed by atoms with van der Waals surface area (Å²) in [6.45, 7) is 4.53. The molecule has 136 valence electrons.